The van der Waals surface area contributed by atoms with Crippen LogP contribution >= 0.6 is 11.6 Å². The van der Waals surface area contributed by atoms with Crippen molar-refractivity contribution >= 4 is 29.6 Å². The minimum absolute atomic E-state index is 0.142. The maximum atomic E-state index is 12.6. The molecule has 2 aromatic rings. The van der Waals surface area contributed by atoms with Crippen LogP contribution in [0.4, 0.5) is 0 Å². The molecule has 160 valence electrons. The molecular formula is C23H28ClN3O3. The molecule has 0 fully saturated rings. The smallest absolute Gasteiger partial charge is 0.262 e. The van der Waals surface area contributed by atoms with Gasteiger partial charge in [-0.25, -0.2) is 5.43 Å². The Bertz CT molecular complexity index is 884. The number of nitrogens with zero attached hydrogens (tertiary/aromatic N) is 1. The van der Waals surface area contributed by atoms with Crippen LogP contribution in [0.1, 0.15) is 49.5 Å². The number of unbranched alkanes of at least 4 members (excludes halogenated alkanes) is 1. The molecule has 2 amide bonds. The fourth-order valence-corrected chi connectivity index (χ4v) is 2.90. The van der Waals surface area contributed by atoms with Gasteiger partial charge >= 0.3 is 0 Å². The summed E-state index contributed by atoms with van der Waals surface area (Å²) in [7, 11) is 0. The van der Waals surface area contributed by atoms with E-state index in [2.05, 4.69) is 22.8 Å². The van der Waals surface area contributed by atoms with Crippen molar-refractivity contribution in [3.05, 3.63) is 64.7 Å². The van der Waals surface area contributed by atoms with Gasteiger partial charge < -0.3 is 10.1 Å². The lowest BCUT2D eigenvalue weighted by Crippen LogP contribution is -2.48. The maximum absolute atomic E-state index is 12.6. The first-order valence-corrected chi connectivity index (χ1v) is 10.4. The number of carbonyl (C=O) groups is 2. The molecule has 0 bridgehead atoms. The Balaban J connectivity index is 2.02. The number of para-hydroxylation sites is 1. The number of amides is 2. The summed E-state index contributed by atoms with van der Waals surface area (Å²) in [6, 6.07) is 13.4. The first-order chi connectivity index (χ1) is 14.4. The Morgan fingerprint density at radius 3 is 2.53 bits per heavy atom. The SMILES string of the molecule is CCCCOc1ccccc1/C=N/NC(=O)C(NC(=O)c1ccccc1Cl)C(C)C. The van der Waals surface area contributed by atoms with Crippen molar-refractivity contribution in [3.63, 3.8) is 0 Å². The first-order valence-electron chi connectivity index (χ1n) is 10.0. The van der Waals surface area contributed by atoms with Crippen molar-refractivity contribution in [3.8, 4) is 5.75 Å². The van der Waals surface area contributed by atoms with Crippen LogP contribution in [0.15, 0.2) is 53.6 Å². The van der Waals surface area contributed by atoms with E-state index in [-0.39, 0.29) is 5.92 Å². The molecule has 2 rings (SSSR count). The standard InChI is InChI=1S/C23H28ClN3O3/c1-4-5-14-30-20-13-9-6-10-17(20)15-25-27-23(29)21(16(2)3)26-22(28)18-11-7-8-12-19(18)24/h6-13,15-16,21H,4-5,14H2,1-3H3,(H,26,28)(H,27,29)/b25-15+. The summed E-state index contributed by atoms with van der Waals surface area (Å²) in [6.07, 6.45) is 3.54. The zero-order valence-electron chi connectivity index (χ0n) is 17.5. The fourth-order valence-electron chi connectivity index (χ4n) is 2.68. The lowest BCUT2D eigenvalue weighted by Gasteiger charge is -2.20. The molecule has 1 atom stereocenters. The number of nitrogens with one attached hydrogen (secondary N) is 2. The van der Waals surface area contributed by atoms with Crippen LogP contribution in [-0.4, -0.2) is 30.7 Å². The lowest BCUT2D eigenvalue weighted by atomic mass is 10.0. The van der Waals surface area contributed by atoms with Gasteiger partial charge in [0.25, 0.3) is 11.8 Å². The van der Waals surface area contributed by atoms with E-state index in [1.165, 1.54) is 6.21 Å². The number of ether oxygens (including phenoxy) is 1. The van der Waals surface area contributed by atoms with E-state index in [0.717, 1.165) is 18.4 Å². The highest BCUT2D eigenvalue weighted by molar-refractivity contribution is 6.33. The Kier molecular flexibility index (Phi) is 9.35. The number of halogens is 1. The van der Waals surface area contributed by atoms with Gasteiger partial charge in [-0.3, -0.25) is 9.59 Å². The number of hydrogen-bond acceptors (Lipinski definition) is 4. The van der Waals surface area contributed by atoms with Gasteiger partial charge in [0.2, 0.25) is 0 Å². The second-order valence-electron chi connectivity index (χ2n) is 7.15. The van der Waals surface area contributed by atoms with Crippen molar-refractivity contribution in [1.82, 2.24) is 10.7 Å². The van der Waals surface area contributed by atoms with Crippen LogP contribution in [0.5, 0.6) is 5.75 Å². The number of rotatable bonds is 10. The third-order valence-corrected chi connectivity index (χ3v) is 4.74. The van der Waals surface area contributed by atoms with Gasteiger partial charge in [-0.15, -0.1) is 0 Å². The molecule has 0 radical (unpaired) electrons. The first kappa shape index (κ1) is 23.4. The summed E-state index contributed by atoms with van der Waals surface area (Å²) >= 11 is 6.08. The second-order valence-corrected chi connectivity index (χ2v) is 7.56. The summed E-state index contributed by atoms with van der Waals surface area (Å²) in [5, 5.41) is 7.11. The van der Waals surface area contributed by atoms with Gasteiger partial charge in [0.05, 0.1) is 23.4 Å². The van der Waals surface area contributed by atoms with E-state index in [9.17, 15) is 9.59 Å². The van der Waals surface area contributed by atoms with Gasteiger partial charge in [-0.05, 0) is 36.6 Å². The average Bonchev–Trinajstić information content (AvgIpc) is 2.73. The maximum Gasteiger partial charge on any atom is 0.262 e. The summed E-state index contributed by atoms with van der Waals surface area (Å²) in [5.41, 5.74) is 3.58. The molecule has 2 aromatic carbocycles. The highest BCUT2D eigenvalue weighted by Gasteiger charge is 2.25. The van der Waals surface area contributed by atoms with Gasteiger partial charge in [0.15, 0.2) is 0 Å². The van der Waals surface area contributed by atoms with E-state index < -0.39 is 17.9 Å². The molecule has 1 unspecified atom stereocenters. The molecule has 6 nitrogen and oxygen atoms in total. The monoisotopic (exact) mass is 429 g/mol. The molecule has 0 saturated heterocycles. The summed E-state index contributed by atoms with van der Waals surface area (Å²) in [6.45, 7) is 6.41. The average molecular weight is 430 g/mol. The predicted molar refractivity (Wildman–Crippen MR) is 120 cm³/mol. The molecule has 0 saturated carbocycles. The summed E-state index contributed by atoms with van der Waals surface area (Å²) < 4.78 is 5.76. The summed E-state index contributed by atoms with van der Waals surface area (Å²) in [5.74, 6) is -0.258. The van der Waals surface area contributed by atoms with Crippen LogP contribution in [0, 0.1) is 5.92 Å². The van der Waals surface area contributed by atoms with Crippen LogP contribution < -0.4 is 15.5 Å². The molecule has 0 aromatic heterocycles. The van der Waals surface area contributed by atoms with E-state index in [1.807, 2.05) is 38.1 Å². The molecule has 0 aliphatic carbocycles. The normalized spacial score (nSPS) is 12.0. The van der Waals surface area contributed by atoms with E-state index >= 15 is 0 Å². The zero-order valence-corrected chi connectivity index (χ0v) is 18.3. The van der Waals surface area contributed by atoms with Gasteiger partial charge in [-0.1, -0.05) is 63.1 Å². The quantitative estimate of drug-likeness (QED) is 0.333. The van der Waals surface area contributed by atoms with E-state index in [1.54, 1.807) is 24.3 Å². The van der Waals surface area contributed by atoms with Crippen molar-refractivity contribution in [1.29, 1.82) is 0 Å². The third kappa shape index (κ3) is 6.88. The molecule has 0 heterocycles. The van der Waals surface area contributed by atoms with Crippen molar-refractivity contribution in [2.75, 3.05) is 6.61 Å². The second kappa shape index (κ2) is 12.0. The molecule has 7 heteroatoms. The Morgan fingerprint density at radius 2 is 1.83 bits per heavy atom. The van der Waals surface area contributed by atoms with Gasteiger partial charge in [0, 0.05) is 5.56 Å². The highest BCUT2D eigenvalue weighted by atomic mass is 35.5. The topological polar surface area (TPSA) is 79.8 Å². The van der Waals surface area contributed by atoms with Crippen LogP contribution in [0.2, 0.25) is 5.02 Å². The van der Waals surface area contributed by atoms with Gasteiger partial charge in [0.1, 0.15) is 11.8 Å². The molecule has 30 heavy (non-hydrogen) atoms. The van der Waals surface area contributed by atoms with Crippen LogP contribution in [-0.2, 0) is 4.79 Å². The van der Waals surface area contributed by atoms with Crippen LogP contribution in [0.25, 0.3) is 0 Å². The number of carbonyl (C=O) groups excluding carboxylic acids is 2. The van der Waals surface area contributed by atoms with E-state index in [4.69, 9.17) is 16.3 Å². The summed E-state index contributed by atoms with van der Waals surface area (Å²) in [4.78, 5) is 25.1. The number of hydrogen-bond donors (Lipinski definition) is 2. The minimum atomic E-state index is -0.762. The highest BCUT2D eigenvalue weighted by Crippen LogP contribution is 2.17. The molecular weight excluding hydrogens is 402 g/mol. The van der Waals surface area contributed by atoms with Crippen molar-refractivity contribution < 1.29 is 14.3 Å². The third-order valence-electron chi connectivity index (χ3n) is 4.41. The minimum Gasteiger partial charge on any atom is -0.493 e. The van der Waals surface area contributed by atoms with Crippen LogP contribution in [0.3, 0.4) is 0 Å². The lowest BCUT2D eigenvalue weighted by molar-refractivity contribution is -0.123. The Hall–Kier alpha value is -2.86. The largest absolute Gasteiger partial charge is 0.493 e. The Labute approximate surface area is 182 Å². The number of hydrazone groups is 1. The van der Waals surface area contributed by atoms with Crippen molar-refractivity contribution in [2.24, 2.45) is 11.0 Å². The molecule has 0 spiro atoms. The molecule has 2 N–H and O–H groups in total. The molecule has 0 aliphatic heterocycles. The molecule has 0 aliphatic rings. The predicted octanol–water partition coefficient (Wildman–Crippen LogP) is 4.42. The Morgan fingerprint density at radius 1 is 1.13 bits per heavy atom. The number of benzene rings is 2. The van der Waals surface area contributed by atoms with E-state index in [0.29, 0.717) is 22.9 Å². The zero-order chi connectivity index (χ0) is 21.9. The van der Waals surface area contributed by atoms with Crippen molar-refractivity contribution in [2.45, 2.75) is 39.7 Å². The van der Waals surface area contributed by atoms with Gasteiger partial charge in [-0.2, -0.15) is 5.10 Å². The fraction of sp³-hybridized carbons (Fsp3) is 0.348.